The van der Waals surface area contributed by atoms with Gasteiger partial charge in [0.05, 0.1) is 29.5 Å². The number of fused-ring (bicyclic) bond motifs is 5. The molecule has 20 rings (SSSR count). The first-order valence-electron chi connectivity index (χ1n) is 44.9. The van der Waals surface area contributed by atoms with E-state index in [0.29, 0.717) is 19.3 Å². The van der Waals surface area contributed by atoms with Crippen LogP contribution in [0, 0.1) is 0 Å². The number of aromatic nitrogens is 6. The Balaban J connectivity index is 0.000000120. The molecule has 14 aromatic rings. The monoisotopic (exact) mass is 1750 g/mol. The Labute approximate surface area is 763 Å². The molecule has 3 saturated heterocycles. The van der Waals surface area contributed by atoms with Crippen molar-refractivity contribution in [1.82, 2.24) is 44.6 Å². The predicted octanol–water partition coefficient (Wildman–Crippen LogP) is 18.0. The number of amides is 8. The number of carbonyl (C=O) groups is 8. The third-order valence-electron chi connectivity index (χ3n) is 24.5. The summed E-state index contributed by atoms with van der Waals surface area (Å²) in [6, 6.07) is 81.8. The van der Waals surface area contributed by atoms with E-state index in [9.17, 15) is 38.4 Å². The largest absolute Gasteiger partial charge is 0.367 e. The van der Waals surface area contributed by atoms with Crippen LogP contribution in [0.25, 0.3) is 44.3 Å². The van der Waals surface area contributed by atoms with Gasteiger partial charge in [-0.1, -0.05) is 121 Å². The number of nitrogens with one attached hydrogen (secondary N) is 8. The fourth-order valence-corrected chi connectivity index (χ4v) is 18.1. The Morgan fingerprint density at radius 1 is 0.321 bits per heavy atom. The van der Waals surface area contributed by atoms with Gasteiger partial charge in [-0.05, 0) is 221 Å². The highest BCUT2D eigenvalue weighted by atomic mass is 16.2. The summed E-state index contributed by atoms with van der Waals surface area (Å²) in [5.41, 5.74) is 28.1. The van der Waals surface area contributed by atoms with Crippen molar-refractivity contribution in [2.45, 2.75) is 150 Å². The van der Waals surface area contributed by atoms with Gasteiger partial charge in [0.2, 0.25) is 47.3 Å². The van der Waals surface area contributed by atoms with Gasteiger partial charge in [-0.15, -0.1) is 0 Å². The summed E-state index contributed by atoms with van der Waals surface area (Å²) in [6.07, 6.45) is 16.7. The molecule has 8 amide bonds. The molecule has 25 nitrogen and oxygen atoms in total. The molecule has 3 unspecified atom stereocenters. The zero-order valence-electron chi connectivity index (χ0n) is 75.1. The third-order valence-corrected chi connectivity index (χ3v) is 24.5. The van der Waals surface area contributed by atoms with Crippen LogP contribution in [0.15, 0.2) is 261 Å². The third kappa shape index (κ3) is 23.2. The summed E-state index contributed by atoms with van der Waals surface area (Å²) in [5, 5.41) is 34.4. The van der Waals surface area contributed by atoms with Crippen molar-refractivity contribution in [2.75, 3.05) is 60.9 Å². The highest BCUT2D eigenvalue weighted by Gasteiger charge is 2.28. The number of anilines is 8. The lowest BCUT2D eigenvalue weighted by Gasteiger charge is -2.32. The van der Waals surface area contributed by atoms with E-state index >= 15 is 0 Å². The second kappa shape index (κ2) is 40.9. The van der Waals surface area contributed by atoms with E-state index in [0.717, 1.165) is 176 Å². The molecule has 668 valence electrons. The average molecular weight is 1750 g/mol. The first-order chi connectivity index (χ1) is 63.4. The molecule has 25 heteroatoms. The molecule has 0 spiro atoms. The number of hydrogen-bond donors (Lipinski definition) is 8. The minimum atomic E-state index is -0.0673. The predicted molar refractivity (Wildman–Crippen MR) is 519 cm³/mol. The van der Waals surface area contributed by atoms with Crippen molar-refractivity contribution >= 4 is 115 Å². The smallest absolute Gasteiger partial charge is 0.221 e. The molecule has 10 heterocycles. The number of nitrogens with zero attached hydrogens (tertiary/aromatic N) is 9. The zero-order chi connectivity index (χ0) is 91.2. The first-order valence-corrected chi connectivity index (χ1v) is 44.9. The second-order valence-corrected chi connectivity index (χ2v) is 34.6. The summed E-state index contributed by atoms with van der Waals surface area (Å²) in [4.78, 5) is 97.5. The normalized spacial score (nSPS) is 15.6. The van der Waals surface area contributed by atoms with Crippen LogP contribution in [-0.4, -0.2) is 95.6 Å². The molecular formula is C106H111N17O8. The van der Waals surface area contributed by atoms with E-state index in [2.05, 4.69) is 259 Å². The number of rotatable bonds is 20. The summed E-state index contributed by atoms with van der Waals surface area (Å²) in [5.74, 6) is 0.182. The van der Waals surface area contributed by atoms with E-state index in [1.54, 1.807) is 0 Å². The molecule has 6 aliphatic heterocycles. The van der Waals surface area contributed by atoms with Gasteiger partial charge < -0.3 is 66.4 Å². The molecule has 4 aromatic heterocycles. The van der Waals surface area contributed by atoms with Crippen LogP contribution in [0.3, 0.4) is 0 Å². The quantitative estimate of drug-likeness (QED) is 0.0353. The number of aryl methyl sites for hydroxylation is 3. The second-order valence-electron chi connectivity index (χ2n) is 34.6. The molecule has 10 aromatic carbocycles. The minimum absolute atomic E-state index is 0.0344. The first kappa shape index (κ1) is 89.3. The van der Waals surface area contributed by atoms with Gasteiger partial charge in [-0.2, -0.15) is 10.2 Å². The molecule has 0 bridgehead atoms. The SMILES string of the molecule is CC(=O)Nc1ccc2c(c1)CCCN2Cc1ccc(C2CCC(=O)N2)cc1.CC(=O)Nc1ccc2c(c1)CCN2Cc1ccc(-c2ccn(C)n2)cc1.CC(=O)Nc1ccc2c(c1)CCN2Cc1ccc(C2CCC(=O)N2)cc1.CC(=O)Nc1ccc2c(ccn2Cc2ccc(-c3ccn(C)n3)cc2)c1.CC(=O)Nc1ccc2c(ccn2Cc2ccc(C3CCC(=O)N3)cc2)c1. The molecular weight excluding hydrogens is 1640 g/mol. The minimum Gasteiger partial charge on any atom is -0.367 e. The van der Waals surface area contributed by atoms with Crippen molar-refractivity contribution < 1.29 is 38.4 Å². The Morgan fingerprint density at radius 3 is 0.924 bits per heavy atom. The molecule has 6 aliphatic rings. The van der Waals surface area contributed by atoms with E-state index in [-0.39, 0.29) is 65.4 Å². The maximum atomic E-state index is 11.4. The van der Waals surface area contributed by atoms with Crippen LogP contribution in [0.2, 0.25) is 0 Å². The summed E-state index contributed by atoms with van der Waals surface area (Å²) >= 11 is 0. The molecule has 131 heavy (non-hydrogen) atoms. The van der Waals surface area contributed by atoms with Gasteiger partial charge in [0.1, 0.15) is 0 Å². The van der Waals surface area contributed by atoms with Crippen molar-refractivity contribution in [2.24, 2.45) is 14.1 Å². The lowest BCUT2D eigenvalue weighted by molar-refractivity contribution is -0.120. The van der Waals surface area contributed by atoms with Gasteiger partial charge in [0.15, 0.2) is 0 Å². The van der Waals surface area contributed by atoms with Gasteiger partial charge in [-0.25, -0.2) is 0 Å². The van der Waals surface area contributed by atoms with Gasteiger partial charge in [0, 0.05) is 224 Å². The number of carbonyl (C=O) groups excluding carboxylic acids is 8. The lowest BCUT2D eigenvalue weighted by atomic mass is 9.99. The van der Waals surface area contributed by atoms with E-state index in [1.165, 1.54) is 107 Å². The summed E-state index contributed by atoms with van der Waals surface area (Å²) in [6.45, 7) is 14.8. The number of benzene rings is 10. The van der Waals surface area contributed by atoms with Crippen LogP contribution in [0.4, 0.5) is 45.5 Å². The topological polar surface area (TPSA) is 288 Å². The van der Waals surface area contributed by atoms with Gasteiger partial charge >= 0.3 is 0 Å². The molecule has 0 radical (unpaired) electrons. The van der Waals surface area contributed by atoms with Gasteiger partial charge in [-0.3, -0.25) is 47.7 Å². The van der Waals surface area contributed by atoms with Crippen LogP contribution in [0.1, 0.15) is 159 Å². The molecule has 0 aliphatic carbocycles. The highest BCUT2D eigenvalue weighted by molar-refractivity contribution is 5.95. The Morgan fingerprint density at radius 2 is 0.618 bits per heavy atom. The fourth-order valence-electron chi connectivity index (χ4n) is 18.1. The van der Waals surface area contributed by atoms with E-state index in [4.69, 9.17) is 0 Å². The van der Waals surface area contributed by atoms with Crippen molar-refractivity contribution in [1.29, 1.82) is 0 Å². The van der Waals surface area contributed by atoms with Crippen LogP contribution < -0.4 is 57.2 Å². The maximum absolute atomic E-state index is 11.4. The van der Waals surface area contributed by atoms with Crippen molar-refractivity contribution in [3.63, 3.8) is 0 Å². The van der Waals surface area contributed by atoms with Crippen LogP contribution in [0.5, 0.6) is 0 Å². The van der Waals surface area contributed by atoms with Crippen molar-refractivity contribution in [3.05, 3.63) is 323 Å². The maximum Gasteiger partial charge on any atom is 0.221 e. The Kier molecular flexibility index (Phi) is 27.9. The van der Waals surface area contributed by atoms with E-state index in [1.807, 2.05) is 103 Å². The van der Waals surface area contributed by atoms with Crippen molar-refractivity contribution in [3.8, 4) is 22.5 Å². The Bertz CT molecular complexity index is 6510. The zero-order valence-corrected chi connectivity index (χ0v) is 75.1. The molecule has 8 N–H and O–H groups in total. The Hall–Kier alpha value is -15.1. The standard InChI is InChI=1S/C22H25N3O2.C21H22N4O.C21H20N4O.C21H23N3O2.C21H21N3O2/c1-15(26)23-19-8-10-21-18(13-19)3-2-12-25(21)14-16-4-6-17(7-5-16)20-9-11-22(27)24-20;2*1-15(26)22-19-7-8-21-18(13-19)9-12-25(21)14-16-3-5-17(6-4-16)20-10-11-24(2)23-20;2*1-14(25)22-18-6-8-20-17(12-18)10-11-24(20)13-15-2-4-16(5-3-15)19-7-9-21(26)23-19/h4-8,10,13,20H,2-3,9,11-12,14H2,1H3,(H,23,26)(H,24,27);3-8,10-11,13H,9,12,14H2,1-2H3,(H,22,26);3-13H,14H2,1-2H3,(H,22,26);2-6,8,12,19H,7,9-11,13H2,1H3,(H,22,25)(H,23,26);2-6,8,10-12,19H,7,9,13H2,1H3,(H,22,25)(H,23,26). The van der Waals surface area contributed by atoms with Crippen LogP contribution >= 0.6 is 0 Å². The molecule has 3 fully saturated rings. The fraction of sp³-hybridized carbons (Fsp3) is 0.264. The summed E-state index contributed by atoms with van der Waals surface area (Å²) < 4.78 is 8.03. The average Bonchev–Trinajstić information content (AvgIpc) is 1.69. The molecule has 3 atom stereocenters. The van der Waals surface area contributed by atoms with Gasteiger partial charge in [0.25, 0.3) is 0 Å². The summed E-state index contributed by atoms with van der Waals surface area (Å²) in [7, 11) is 3.85. The lowest BCUT2D eigenvalue weighted by Crippen LogP contribution is -2.29. The number of hydrogen-bond acceptors (Lipinski definition) is 13. The molecule has 0 saturated carbocycles. The van der Waals surface area contributed by atoms with Crippen LogP contribution in [-0.2, 0) is 104 Å². The van der Waals surface area contributed by atoms with E-state index < -0.39 is 0 Å². The highest BCUT2D eigenvalue weighted by Crippen LogP contribution is 2.37.